The van der Waals surface area contributed by atoms with E-state index in [2.05, 4.69) is 93.6 Å². The average molecular weight is 617 g/mol. The third-order valence-electron chi connectivity index (χ3n) is 7.23. The summed E-state index contributed by atoms with van der Waals surface area (Å²) in [6, 6.07) is 13.6. The number of hydrogen-bond acceptors (Lipinski definition) is 9. The topological polar surface area (TPSA) is 31.2 Å². The van der Waals surface area contributed by atoms with Crippen LogP contribution in [0.3, 0.4) is 0 Å². The van der Waals surface area contributed by atoms with Crippen molar-refractivity contribution in [3.05, 3.63) is 91.2 Å². The second kappa shape index (κ2) is 10.8. The van der Waals surface area contributed by atoms with E-state index in [1.807, 2.05) is 52.3 Å². The molecule has 0 spiro atoms. The van der Waals surface area contributed by atoms with Crippen LogP contribution >= 0.6 is 58.0 Å². The van der Waals surface area contributed by atoms with Crippen LogP contribution in [0.2, 0.25) is 0 Å². The predicted molar refractivity (Wildman–Crippen MR) is 184 cm³/mol. The molecule has 0 radical (unpaired) electrons. The van der Waals surface area contributed by atoms with Crippen molar-refractivity contribution in [3.8, 4) is 0 Å². The highest BCUT2D eigenvalue weighted by molar-refractivity contribution is 8.30. The van der Waals surface area contributed by atoms with Gasteiger partial charge >= 0.3 is 0 Å². The van der Waals surface area contributed by atoms with Gasteiger partial charge in [0.1, 0.15) is 0 Å². The number of thioether (sulfide) groups is 3. The largest absolute Gasteiger partial charge is 0.317 e. The maximum Gasteiger partial charge on any atom is 0.169 e. The molecular formula is C31H28N4S5. The summed E-state index contributed by atoms with van der Waals surface area (Å²) in [5.41, 5.74) is 7.99. The Labute approximate surface area is 255 Å². The molecule has 4 aromatic rings. The number of fused-ring (bicyclic) bond motifs is 4. The molecule has 0 saturated heterocycles. The van der Waals surface area contributed by atoms with Crippen LogP contribution in [0.4, 0.5) is 0 Å². The Balaban J connectivity index is 0.000000132. The van der Waals surface area contributed by atoms with Gasteiger partial charge < -0.3 is 9.80 Å². The first-order valence-electron chi connectivity index (χ1n) is 13.2. The molecule has 6 heterocycles. The van der Waals surface area contributed by atoms with Crippen molar-refractivity contribution in [2.24, 2.45) is 9.98 Å². The van der Waals surface area contributed by atoms with Crippen molar-refractivity contribution >= 4 is 99.9 Å². The van der Waals surface area contributed by atoms with Crippen molar-refractivity contribution in [1.82, 2.24) is 9.80 Å². The van der Waals surface area contributed by atoms with Gasteiger partial charge in [-0.25, -0.2) is 0 Å². The lowest BCUT2D eigenvalue weighted by atomic mass is 10.0. The molecule has 0 unspecified atom stereocenters. The summed E-state index contributed by atoms with van der Waals surface area (Å²) < 4.78 is 4.13. The van der Waals surface area contributed by atoms with Gasteiger partial charge in [0.15, 0.2) is 10.3 Å². The molecule has 0 amide bonds. The van der Waals surface area contributed by atoms with Gasteiger partial charge in [-0.2, -0.15) is 0 Å². The van der Waals surface area contributed by atoms with Crippen molar-refractivity contribution in [3.63, 3.8) is 0 Å². The van der Waals surface area contributed by atoms with Gasteiger partial charge in [0.2, 0.25) is 0 Å². The van der Waals surface area contributed by atoms with Gasteiger partial charge in [-0.3, -0.25) is 9.98 Å². The lowest BCUT2D eigenvalue weighted by Gasteiger charge is -2.18. The molecule has 202 valence electrons. The Morgan fingerprint density at radius 1 is 0.800 bits per heavy atom. The molecule has 4 nitrogen and oxygen atoms in total. The SMILES string of the molecule is C=CC1=C(c2cc(C)cc3ccsc23)N2CCN=C2S1.CSC1=C(c2cc(C)cc3ccsc23)N2CCN=C2S1. The zero-order valence-corrected chi connectivity index (χ0v) is 26.6. The second-order valence-electron chi connectivity index (χ2n) is 9.90. The summed E-state index contributed by atoms with van der Waals surface area (Å²) in [6.45, 7) is 12.1. The van der Waals surface area contributed by atoms with Gasteiger partial charge in [0.05, 0.1) is 28.7 Å². The van der Waals surface area contributed by atoms with Crippen LogP contribution in [0.25, 0.3) is 31.6 Å². The second-order valence-corrected chi connectivity index (χ2v) is 14.8. The lowest BCUT2D eigenvalue weighted by Crippen LogP contribution is -2.20. The van der Waals surface area contributed by atoms with E-state index in [4.69, 9.17) is 0 Å². The Kier molecular flexibility index (Phi) is 7.12. The van der Waals surface area contributed by atoms with Gasteiger partial charge in [-0.05, 0) is 101 Å². The molecule has 9 heteroatoms. The van der Waals surface area contributed by atoms with Crippen LogP contribution in [0.5, 0.6) is 0 Å². The van der Waals surface area contributed by atoms with Gasteiger partial charge in [-0.15, -0.1) is 34.4 Å². The van der Waals surface area contributed by atoms with E-state index in [9.17, 15) is 0 Å². The van der Waals surface area contributed by atoms with Crippen LogP contribution in [0, 0.1) is 13.8 Å². The Morgan fingerprint density at radius 2 is 1.35 bits per heavy atom. The Morgan fingerprint density at radius 3 is 1.93 bits per heavy atom. The average Bonchev–Trinajstić information content (AvgIpc) is 3.76. The third-order valence-corrected chi connectivity index (χ3v) is 12.5. The van der Waals surface area contributed by atoms with Crippen LogP contribution in [-0.2, 0) is 0 Å². The zero-order chi connectivity index (χ0) is 27.4. The number of aryl methyl sites for hydroxylation is 2. The summed E-state index contributed by atoms with van der Waals surface area (Å²) in [7, 11) is 0. The fraction of sp³-hybridized carbons (Fsp3) is 0.226. The summed E-state index contributed by atoms with van der Waals surface area (Å²) in [5.74, 6) is 0. The molecule has 0 atom stereocenters. The maximum absolute atomic E-state index is 4.62. The van der Waals surface area contributed by atoms with E-state index in [1.54, 1.807) is 11.8 Å². The lowest BCUT2D eigenvalue weighted by molar-refractivity contribution is 0.649. The van der Waals surface area contributed by atoms with Crippen LogP contribution in [0.15, 0.2) is 78.9 Å². The van der Waals surface area contributed by atoms with Gasteiger partial charge in [0, 0.05) is 38.5 Å². The summed E-state index contributed by atoms with van der Waals surface area (Å²) in [5, 5.41) is 9.34. The first-order chi connectivity index (χ1) is 19.6. The van der Waals surface area contributed by atoms with Crippen LogP contribution in [0.1, 0.15) is 22.3 Å². The highest BCUT2D eigenvalue weighted by Gasteiger charge is 2.34. The van der Waals surface area contributed by atoms with E-state index in [1.165, 1.54) is 68.1 Å². The van der Waals surface area contributed by atoms with Crippen LogP contribution < -0.4 is 0 Å². The quantitative estimate of drug-likeness (QED) is 0.228. The Bertz CT molecular complexity index is 1800. The molecule has 0 fully saturated rings. The molecule has 8 rings (SSSR count). The number of benzene rings is 2. The van der Waals surface area contributed by atoms with Gasteiger partial charge in [0.25, 0.3) is 0 Å². The van der Waals surface area contributed by atoms with Crippen molar-refractivity contribution in [1.29, 1.82) is 0 Å². The predicted octanol–water partition coefficient (Wildman–Crippen LogP) is 9.10. The molecule has 0 aliphatic carbocycles. The fourth-order valence-corrected chi connectivity index (χ4v) is 10.3. The van der Waals surface area contributed by atoms with Gasteiger partial charge in [-0.1, -0.05) is 24.8 Å². The first kappa shape index (κ1) is 26.5. The van der Waals surface area contributed by atoms with E-state index >= 15 is 0 Å². The summed E-state index contributed by atoms with van der Waals surface area (Å²) in [6.07, 6.45) is 4.12. The molecule has 4 aliphatic rings. The normalized spacial score (nSPS) is 18.0. The highest BCUT2D eigenvalue weighted by atomic mass is 32.2. The molecule has 0 bridgehead atoms. The minimum Gasteiger partial charge on any atom is -0.317 e. The standard InChI is InChI=1S/C16H14N2S2.C15H14N2S3/c1-3-13-14(18-6-5-17-16(18)20-13)12-9-10(2)8-11-4-7-19-15(11)12;1-9-7-10-3-6-19-13(10)11(8-9)12-14(18-2)20-15-16-4-5-17(12)15/h3-4,7-9H,1,5-6H2,2H3;3,6-8H,4-5H2,1-2H3. The van der Waals surface area contributed by atoms with E-state index < -0.39 is 0 Å². The molecular weight excluding hydrogens is 589 g/mol. The number of nitrogens with zero attached hydrogens (tertiary/aromatic N) is 4. The van der Waals surface area contributed by atoms with Crippen molar-refractivity contribution in [2.75, 3.05) is 32.4 Å². The smallest absolute Gasteiger partial charge is 0.169 e. The third kappa shape index (κ3) is 4.47. The van der Waals surface area contributed by atoms with E-state index in [-0.39, 0.29) is 0 Å². The zero-order valence-electron chi connectivity index (χ0n) is 22.6. The summed E-state index contributed by atoms with van der Waals surface area (Å²) in [4.78, 5) is 15.2. The number of allylic oxidation sites excluding steroid dienone is 1. The molecule has 2 aromatic carbocycles. The molecule has 0 N–H and O–H groups in total. The van der Waals surface area contributed by atoms with E-state index in [0.29, 0.717) is 0 Å². The minimum atomic E-state index is 0.898. The first-order valence-corrected chi connectivity index (χ1v) is 17.8. The summed E-state index contributed by atoms with van der Waals surface area (Å²) >= 11 is 9.05. The van der Waals surface area contributed by atoms with E-state index in [0.717, 1.165) is 31.3 Å². The number of thiophene rings is 2. The molecule has 0 saturated carbocycles. The number of amidine groups is 2. The highest BCUT2D eigenvalue weighted by Crippen LogP contribution is 2.48. The monoisotopic (exact) mass is 616 g/mol. The molecule has 40 heavy (non-hydrogen) atoms. The number of rotatable bonds is 4. The Hall–Kier alpha value is -2.43. The van der Waals surface area contributed by atoms with Crippen LogP contribution in [-0.4, -0.2) is 52.6 Å². The minimum absolute atomic E-state index is 0.898. The number of hydrogen-bond donors (Lipinski definition) is 0. The fourth-order valence-electron chi connectivity index (χ4n) is 5.59. The number of aliphatic imine (C=N–C) groups is 2. The maximum atomic E-state index is 4.62. The molecule has 4 aliphatic heterocycles. The van der Waals surface area contributed by atoms with Crippen molar-refractivity contribution < 1.29 is 0 Å². The van der Waals surface area contributed by atoms with Crippen molar-refractivity contribution in [2.45, 2.75) is 13.8 Å². The molecule has 2 aromatic heterocycles.